The van der Waals surface area contributed by atoms with Gasteiger partial charge in [-0.15, -0.1) is 0 Å². The number of anilines is 1. The van der Waals surface area contributed by atoms with Crippen molar-refractivity contribution in [1.29, 1.82) is 0 Å². The number of carbonyl (C=O) groups excluding carboxylic acids is 1. The molecule has 0 aromatic carbocycles. The van der Waals surface area contributed by atoms with Gasteiger partial charge in [0, 0.05) is 12.3 Å². The highest BCUT2D eigenvalue weighted by Crippen LogP contribution is 2.30. The number of nitrogens with two attached hydrogens (primary N) is 1. The number of hydrogen-bond acceptors (Lipinski definition) is 5. The average Bonchev–Trinajstić information content (AvgIpc) is 2.41. The van der Waals surface area contributed by atoms with Crippen LogP contribution in [0.2, 0.25) is 0 Å². The molecule has 1 aromatic heterocycles. The smallest absolute Gasteiger partial charge is 0.308 e. The van der Waals surface area contributed by atoms with E-state index in [2.05, 4.69) is 4.98 Å². The van der Waals surface area contributed by atoms with Crippen LogP contribution in [0.5, 0.6) is 5.75 Å². The maximum atomic E-state index is 11.4. The van der Waals surface area contributed by atoms with E-state index < -0.39 is 0 Å². The summed E-state index contributed by atoms with van der Waals surface area (Å²) < 4.78 is 10.6. The van der Waals surface area contributed by atoms with E-state index in [1.54, 1.807) is 18.5 Å². The summed E-state index contributed by atoms with van der Waals surface area (Å²) in [5, 5.41) is 0. The molecular weight excluding hydrogens is 232 g/mol. The van der Waals surface area contributed by atoms with Crippen LogP contribution in [-0.4, -0.2) is 24.2 Å². The summed E-state index contributed by atoms with van der Waals surface area (Å²) in [6, 6.07) is 1.77. The molecule has 0 unspecified atom stereocenters. The Balaban J connectivity index is 1.87. The number of aromatic nitrogens is 1. The molecule has 1 aliphatic rings. The van der Waals surface area contributed by atoms with E-state index in [4.69, 9.17) is 15.2 Å². The first-order valence-electron chi connectivity index (χ1n) is 6.14. The third kappa shape index (κ3) is 2.91. The largest absolute Gasteiger partial charge is 0.488 e. The second-order valence-corrected chi connectivity index (χ2v) is 4.53. The molecule has 1 fully saturated rings. The van der Waals surface area contributed by atoms with Gasteiger partial charge >= 0.3 is 5.97 Å². The molecule has 0 atom stereocenters. The molecule has 1 heterocycles. The van der Waals surface area contributed by atoms with Crippen molar-refractivity contribution < 1.29 is 14.3 Å². The zero-order valence-electron chi connectivity index (χ0n) is 10.5. The Kier molecular flexibility index (Phi) is 4.02. The minimum atomic E-state index is -0.114. The summed E-state index contributed by atoms with van der Waals surface area (Å²) >= 11 is 0. The fourth-order valence-electron chi connectivity index (χ4n) is 2.26. The van der Waals surface area contributed by atoms with Gasteiger partial charge in [0.2, 0.25) is 0 Å². The van der Waals surface area contributed by atoms with Gasteiger partial charge in [0.05, 0.1) is 31.0 Å². The third-order valence-corrected chi connectivity index (χ3v) is 3.31. The Morgan fingerprint density at radius 2 is 2.11 bits per heavy atom. The normalized spacial score (nSPS) is 23.4. The molecule has 1 aromatic rings. The fourth-order valence-corrected chi connectivity index (χ4v) is 2.26. The van der Waals surface area contributed by atoms with Gasteiger partial charge in [0.25, 0.3) is 0 Å². The predicted molar refractivity (Wildman–Crippen MR) is 67.0 cm³/mol. The standard InChI is InChI=1S/C13H18N2O3/c1-17-13(16)9-2-4-10(5-3-9)18-12-6-7-15-8-11(12)14/h6-10H,2-5,14H2,1H3/t9-,10+. The van der Waals surface area contributed by atoms with Crippen LogP contribution in [0.15, 0.2) is 18.5 Å². The summed E-state index contributed by atoms with van der Waals surface area (Å²) in [7, 11) is 1.43. The SMILES string of the molecule is COC(=O)[C@H]1CC[C@@H](Oc2ccncc2N)CC1. The monoisotopic (exact) mass is 250 g/mol. The van der Waals surface area contributed by atoms with Gasteiger partial charge < -0.3 is 15.2 Å². The molecule has 0 amide bonds. The van der Waals surface area contributed by atoms with E-state index in [0.29, 0.717) is 11.4 Å². The number of rotatable bonds is 3. The van der Waals surface area contributed by atoms with Gasteiger partial charge in [-0.1, -0.05) is 0 Å². The van der Waals surface area contributed by atoms with Crippen LogP contribution < -0.4 is 10.5 Å². The van der Waals surface area contributed by atoms with Crippen molar-refractivity contribution in [2.24, 2.45) is 5.92 Å². The van der Waals surface area contributed by atoms with Crippen molar-refractivity contribution in [1.82, 2.24) is 4.98 Å². The van der Waals surface area contributed by atoms with E-state index in [-0.39, 0.29) is 18.0 Å². The Morgan fingerprint density at radius 1 is 1.39 bits per heavy atom. The number of nitrogen functional groups attached to an aromatic ring is 1. The molecule has 18 heavy (non-hydrogen) atoms. The summed E-state index contributed by atoms with van der Waals surface area (Å²) in [6.45, 7) is 0. The Labute approximate surface area is 106 Å². The Hall–Kier alpha value is -1.78. The molecule has 5 heteroatoms. The highest BCUT2D eigenvalue weighted by molar-refractivity contribution is 5.72. The molecule has 0 saturated heterocycles. The van der Waals surface area contributed by atoms with Crippen molar-refractivity contribution >= 4 is 11.7 Å². The molecule has 2 rings (SSSR count). The third-order valence-electron chi connectivity index (χ3n) is 3.31. The van der Waals surface area contributed by atoms with Crippen molar-refractivity contribution in [3.8, 4) is 5.75 Å². The number of pyridine rings is 1. The van der Waals surface area contributed by atoms with E-state index >= 15 is 0 Å². The van der Waals surface area contributed by atoms with Gasteiger partial charge in [-0.25, -0.2) is 0 Å². The number of esters is 1. The number of carbonyl (C=O) groups is 1. The second kappa shape index (κ2) is 5.71. The van der Waals surface area contributed by atoms with Crippen molar-refractivity contribution in [3.05, 3.63) is 18.5 Å². The quantitative estimate of drug-likeness (QED) is 0.827. The minimum Gasteiger partial charge on any atom is -0.488 e. The van der Waals surface area contributed by atoms with Crippen LogP contribution in [-0.2, 0) is 9.53 Å². The summed E-state index contributed by atoms with van der Waals surface area (Å²) in [4.78, 5) is 15.3. The van der Waals surface area contributed by atoms with Crippen LogP contribution in [0.4, 0.5) is 5.69 Å². The van der Waals surface area contributed by atoms with Gasteiger partial charge in [0.1, 0.15) is 5.75 Å². The maximum absolute atomic E-state index is 11.4. The molecule has 0 radical (unpaired) electrons. The van der Waals surface area contributed by atoms with Crippen LogP contribution in [0, 0.1) is 5.92 Å². The van der Waals surface area contributed by atoms with Gasteiger partial charge in [-0.05, 0) is 25.7 Å². The lowest BCUT2D eigenvalue weighted by Crippen LogP contribution is -2.28. The van der Waals surface area contributed by atoms with Gasteiger partial charge in [-0.2, -0.15) is 0 Å². The second-order valence-electron chi connectivity index (χ2n) is 4.53. The fraction of sp³-hybridized carbons (Fsp3) is 0.538. The Morgan fingerprint density at radius 3 is 2.72 bits per heavy atom. The zero-order chi connectivity index (χ0) is 13.0. The molecule has 2 N–H and O–H groups in total. The highest BCUT2D eigenvalue weighted by atomic mass is 16.5. The maximum Gasteiger partial charge on any atom is 0.308 e. The summed E-state index contributed by atoms with van der Waals surface area (Å²) in [6.07, 6.45) is 6.67. The topological polar surface area (TPSA) is 74.4 Å². The molecule has 98 valence electrons. The molecular formula is C13H18N2O3. The summed E-state index contributed by atoms with van der Waals surface area (Å²) in [5.41, 5.74) is 6.32. The number of methoxy groups -OCH3 is 1. The van der Waals surface area contributed by atoms with E-state index in [1.165, 1.54) is 7.11 Å². The van der Waals surface area contributed by atoms with E-state index in [0.717, 1.165) is 25.7 Å². The average molecular weight is 250 g/mol. The summed E-state index contributed by atoms with van der Waals surface area (Å²) in [5.74, 6) is 0.577. The molecule has 0 bridgehead atoms. The molecule has 1 saturated carbocycles. The lowest BCUT2D eigenvalue weighted by molar-refractivity contribution is -0.147. The van der Waals surface area contributed by atoms with Crippen molar-refractivity contribution in [2.45, 2.75) is 31.8 Å². The number of nitrogens with zero attached hydrogens (tertiary/aromatic N) is 1. The van der Waals surface area contributed by atoms with Crippen molar-refractivity contribution in [3.63, 3.8) is 0 Å². The Bertz CT molecular complexity index is 414. The van der Waals surface area contributed by atoms with Crippen molar-refractivity contribution in [2.75, 3.05) is 12.8 Å². The molecule has 5 nitrogen and oxygen atoms in total. The van der Waals surface area contributed by atoms with Gasteiger partial charge in [-0.3, -0.25) is 9.78 Å². The first-order chi connectivity index (χ1) is 8.70. The molecule has 0 aliphatic heterocycles. The lowest BCUT2D eigenvalue weighted by Gasteiger charge is -2.27. The predicted octanol–water partition coefficient (Wildman–Crippen LogP) is 1.77. The first kappa shape index (κ1) is 12.7. The van der Waals surface area contributed by atoms with E-state index in [1.807, 2.05) is 0 Å². The highest BCUT2D eigenvalue weighted by Gasteiger charge is 2.28. The van der Waals surface area contributed by atoms with Crippen LogP contribution in [0.25, 0.3) is 0 Å². The molecule has 1 aliphatic carbocycles. The number of hydrogen-bond donors (Lipinski definition) is 1. The van der Waals surface area contributed by atoms with Crippen LogP contribution in [0.3, 0.4) is 0 Å². The van der Waals surface area contributed by atoms with Crippen LogP contribution >= 0.6 is 0 Å². The first-order valence-corrected chi connectivity index (χ1v) is 6.14. The zero-order valence-corrected chi connectivity index (χ0v) is 10.5. The van der Waals surface area contributed by atoms with Gasteiger partial charge in [0.15, 0.2) is 0 Å². The van der Waals surface area contributed by atoms with E-state index in [9.17, 15) is 4.79 Å². The van der Waals surface area contributed by atoms with Crippen LogP contribution in [0.1, 0.15) is 25.7 Å². The number of ether oxygens (including phenoxy) is 2. The lowest BCUT2D eigenvalue weighted by atomic mass is 9.87. The molecule has 0 spiro atoms. The minimum absolute atomic E-state index is 0.0182.